The third kappa shape index (κ3) is 3.40. The molecule has 0 atom stereocenters. The molecule has 136 valence electrons. The summed E-state index contributed by atoms with van der Waals surface area (Å²) in [4.78, 5) is 20.9. The molecular weight excluding hydrogens is 350 g/mol. The number of nitrogens with two attached hydrogens (primary N) is 1. The maximum absolute atomic E-state index is 12.6. The van der Waals surface area contributed by atoms with Gasteiger partial charge in [-0.3, -0.25) is 9.93 Å². The van der Waals surface area contributed by atoms with E-state index in [9.17, 15) is 9.90 Å². The molecule has 0 saturated carbocycles. The summed E-state index contributed by atoms with van der Waals surface area (Å²) in [5, 5.41) is 16.0. The van der Waals surface area contributed by atoms with Crippen LogP contribution in [0.4, 0.5) is 0 Å². The highest BCUT2D eigenvalue weighted by molar-refractivity contribution is 7.97. The van der Waals surface area contributed by atoms with Gasteiger partial charge >= 0.3 is 0 Å². The van der Waals surface area contributed by atoms with Gasteiger partial charge in [0.05, 0.1) is 17.7 Å². The van der Waals surface area contributed by atoms with Gasteiger partial charge in [0, 0.05) is 4.90 Å². The maximum Gasteiger partial charge on any atom is 0.262 e. The SMILES string of the molecule is CCCc1ccc(O)c2c(=O)[nH]c(-c3cc(SN)ccc3OCC)nc12. The Morgan fingerprint density at radius 2 is 2.08 bits per heavy atom. The second-order valence-corrected chi connectivity index (χ2v) is 6.55. The van der Waals surface area contributed by atoms with Crippen LogP contribution >= 0.6 is 11.9 Å². The molecule has 6 nitrogen and oxygen atoms in total. The topological polar surface area (TPSA) is 101 Å². The average Bonchev–Trinajstić information content (AvgIpc) is 2.64. The minimum absolute atomic E-state index is 0.0727. The quantitative estimate of drug-likeness (QED) is 0.572. The number of nitrogens with one attached hydrogen (secondary N) is 1. The predicted molar refractivity (Wildman–Crippen MR) is 105 cm³/mol. The predicted octanol–water partition coefficient (Wildman–Crippen LogP) is 3.61. The summed E-state index contributed by atoms with van der Waals surface area (Å²) in [7, 11) is 0. The van der Waals surface area contributed by atoms with Crippen LogP contribution in [0.2, 0.25) is 0 Å². The highest BCUT2D eigenvalue weighted by Crippen LogP contribution is 2.32. The molecule has 0 aliphatic carbocycles. The van der Waals surface area contributed by atoms with Crippen LogP contribution in [0.15, 0.2) is 40.0 Å². The van der Waals surface area contributed by atoms with Crippen LogP contribution in [0.1, 0.15) is 25.8 Å². The van der Waals surface area contributed by atoms with Crippen molar-refractivity contribution in [2.24, 2.45) is 5.14 Å². The molecule has 0 amide bonds. The number of hydrogen-bond donors (Lipinski definition) is 3. The number of nitrogens with zero attached hydrogens (tertiary/aromatic N) is 1. The van der Waals surface area contributed by atoms with Gasteiger partial charge in [0.1, 0.15) is 22.7 Å². The van der Waals surface area contributed by atoms with Gasteiger partial charge in [-0.15, -0.1) is 0 Å². The van der Waals surface area contributed by atoms with Crippen molar-refractivity contribution in [3.8, 4) is 22.9 Å². The van der Waals surface area contributed by atoms with Crippen molar-refractivity contribution < 1.29 is 9.84 Å². The Morgan fingerprint density at radius 1 is 1.27 bits per heavy atom. The van der Waals surface area contributed by atoms with Crippen LogP contribution in [-0.4, -0.2) is 21.7 Å². The lowest BCUT2D eigenvalue weighted by Crippen LogP contribution is -2.11. The normalized spacial score (nSPS) is 11.0. The van der Waals surface area contributed by atoms with Crippen LogP contribution in [0.3, 0.4) is 0 Å². The largest absolute Gasteiger partial charge is 0.507 e. The monoisotopic (exact) mass is 371 g/mol. The van der Waals surface area contributed by atoms with E-state index >= 15 is 0 Å². The Balaban J connectivity index is 2.30. The molecule has 3 rings (SSSR count). The van der Waals surface area contributed by atoms with Gasteiger partial charge in [-0.1, -0.05) is 19.4 Å². The first-order chi connectivity index (χ1) is 12.6. The van der Waals surface area contributed by atoms with Crippen molar-refractivity contribution in [1.82, 2.24) is 9.97 Å². The molecule has 26 heavy (non-hydrogen) atoms. The minimum Gasteiger partial charge on any atom is -0.507 e. The average molecular weight is 371 g/mol. The van der Waals surface area contributed by atoms with E-state index in [1.165, 1.54) is 0 Å². The van der Waals surface area contributed by atoms with E-state index in [1.807, 2.05) is 31.2 Å². The van der Waals surface area contributed by atoms with Crippen LogP contribution in [0, 0.1) is 0 Å². The lowest BCUT2D eigenvalue weighted by atomic mass is 10.1. The number of rotatable bonds is 6. The smallest absolute Gasteiger partial charge is 0.262 e. The van der Waals surface area contributed by atoms with Crippen LogP contribution in [-0.2, 0) is 6.42 Å². The molecule has 1 heterocycles. The fourth-order valence-electron chi connectivity index (χ4n) is 2.93. The van der Waals surface area contributed by atoms with Gasteiger partial charge in [0.25, 0.3) is 5.56 Å². The molecule has 0 radical (unpaired) electrons. The van der Waals surface area contributed by atoms with Gasteiger partial charge in [-0.05, 0) is 55.1 Å². The molecule has 1 aromatic heterocycles. The first kappa shape index (κ1) is 18.3. The molecule has 3 aromatic rings. The van der Waals surface area contributed by atoms with Crippen molar-refractivity contribution in [3.63, 3.8) is 0 Å². The van der Waals surface area contributed by atoms with Gasteiger partial charge in [-0.2, -0.15) is 0 Å². The summed E-state index contributed by atoms with van der Waals surface area (Å²) >= 11 is 1.11. The van der Waals surface area contributed by atoms with E-state index in [0.29, 0.717) is 29.3 Å². The Hall–Kier alpha value is -2.51. The number of aromatic amines is 1. The lowest BCUT2D eigenvalue weighted by molar-refractivity contribution is 0.341. The lowest BCUT2D eigenvalue weighted by Gasteiger charge is -2.13. The first-order valence-electron chi connectivity index (χ1n) is 8.47. The van der Waals surface area contributed by atoms with Crippen molar-refractivity contribution in [2.75, 3.05) is 6.61 Å². The summed E-state index contributed by atoms with van der Waals surface area (Å²) in [6, 6.07) is 8.86. The van der Waals surface area contributed by atoms with Gasteiger partial charge in [0.2, 0.25) is 0 Å². The zero-order valence-corrected chi connectivity index (χ0v) is 15.5. The van der Waals surface area contributed by atoms with Crippen LogP contribution < -0.4 is 15.4 Å². The maximum atomic E-state index is 12.6. The van der Waals surface area contributed by atoms with Crippen molar-refractivity contribution in [3.05, 3.63) is 46.2 Å². The molecule has 4 N–H and O–H groups in total. The zero-order chi connectivity index (χ0) is 18.7. The number of H-pyrrole nitrogens is 1. The standard InChI is InChI=1S/C19H21N3O3S/c1-3-5-11-6-8-14(23)16-17(11)21-18(22-19(16)24)13-10-12(26-20)7-9-15(13)25-4-2/h6-10,23H,3-5,20H2,1-2H3,(H,21,22,24). The summed E-state index contributed by atoms with van der Waals surface area (Å²) in [6.45, 7) is 4.44. The van der Waals surface area contributed by atoms with Crippen LogP contribution in [0.5, 0.6) is 11.5 Å². The number of aromatic hydroxyl groups is 1. The summed E-state index contributed by atoms with van der Waals surface area (Å²) in [6.07, 6.45) is 1.68. The van der Waals surface area contributed by atoms with E-state index < -0.39 is 0 Å². The fraction of sp³-hybridized carbons (Fsp3) is 0.263. The van der Waals surface area contributed by atoms with E-state index in [2.05, 4.69) is 16.9 Å². The Bertz CT molecular complexity index is 1000. The molecule has 0 aliphatic rings. The minimum atomic E-state index is -0.381. The number of hydrogen-bond acceptors (Lipinski definition) is 6. The number of aromatic nitrogens is 2. The van der Waals surface area contributed by atoms with Crippen molar-refractivity contribution >= 4 is 22.9 Å². The molecule has 0 bridgehead atoms. The Kier molecular flexibility index (Phi) is 5.49. The Labute approximate surface area is 155 Å². The molecule has 2 aromatic carbocycles. The number of aryl methyl sites for hydroxylation is 1. The number of phenolic OH excluding ortho intramolecular Hbond substituents is 1. The molecule has 0 aliphatic heterocycles. The summed E-state index contributed by atoms with van der Waals surface area (Å²) < 4.78 is 5.68. The molecule has 0 spiro atoms. The number of benzene rings is 2. The van der Waals surface area contributed by atoms with E-state index in [-0.39, 0.29) is 16.7 Å². The molecule has 0 unspecified atom stereocenters. The molecule has 7 heteroatoms. The number of fused-ring (bicyclic) bond motifs is 1. The molecule has 0 saturated heterocycles. The zero-order valence-electron chi connectivity index (χ0n) is 14.7. The van der Waals surface area contributed by atoms with Gasteiger partial charge in [-0.25, -0.2) is 4.98 Å². The third-order valence-electron chi connectivity index (χ3n) is 4.08. The Morgan fingerprint density at radius 3 is 2.77 bits per heavy atom. The van der Waals surface area contributed by atoms with Crippen LogP contribution in [0.25, 0.3) is 22.3 Å². The van der Waals surface area contributed by atoms with Gasteiger partial charge < -0.3 is 14.8 Å². The second-order valence-electron chi connectivity index (χ2n) is 5.84. The van der Waals surface area contributed by atoms with Crippen molar-refractivity contribution in [1.29, 1.82) is 0 Å². The second kappa shape index (κ2) is 7.80. The fourth-order valence-corrected chi connectivity index (χ4v) is 3.26. The summed E-state index contributed by atoms with van der Waals surface area (Å²) in [5.74, 6) is 0.936. The summed E-state index contributed by atoms with van der Waals surface area (Å²) in [5.41, 5.74) is 1.72. The number of phenols is 1. The van der Waals surface area contributed by atoms with Crippen molar-refractivity contribution in [2.45, 2.75) is 31.6 Å². The van der Waals surface area contributed by atoms with Gasteiger partial charge in [0.15, 0.2) is 0 Å². The highest BCUT2D eigenvalue weighted by Gasteiger charge is 2.16. The third-order valence-corrected chi connectivity index (χ3v) is 4.61. The van der Waals surface area contributed by atoms with E-state index in [1.54, 1.807) is 6.07 Å². The van der Waals surface area contributed by atoms with E-state index in [4.69, 9.17) is 9.88 Å². The van der Waals surface area contributed by atoms with E-state index in [0.717, 1.165) is 35.2 Å². The molecule has 0 fully saturated rings. The highest BCUT2D eigenvalue weighted by atomic mass is 32.2. The first-order valence-corrected chi connectivity index (χ1v) is 9.35. The molecular formula is C19H21N3O3S. The number of ether oxygens (including phenoxy) is 1.